The van der Waals surface area contributed by atoms with Crippen molar-refractivity contribution < 1.29 is 22.7 Å². The summed E-state index contributed by atoms with van der Waals surface area (Å²) < 4.78 is 40.3. The molecule has 0 aromatic carbocycles. The normalized spacial score (nSPS) is 17.6. The fourth-order valence-electron chi connectivity index (χ4n) is 2.01. The van der Waals surface area contributed by atoms with Crippen LogP contribution in [0.4, 0.5) is 18.0 Å². The van der Waals surface area contributed by atoms with Gasteiger partial charge in [0.1, 0.15) is 0 Å². The van der Waals surface area contributed by atoms with Crippen molar-refractivity contribution in [2.24, 2.45) is 0 Å². The standard InChI is InChI=1S/C11H19F3N2O2/c1-2-7-16(9-3-5-15-6-4-9)10(17)18-8-11(12,13)14/h9,15H,2-8H2,1H3. The highest BCUT2D eigenvalue weighted by Crippen LogP contribution is 2.18. The lowest BCUT2D eigenvalue weighted by Gasteiger charge is -2.33. The summed E-state index contributed by atoms with van der Waals surface area (Å²) in [6.07, 6.45) is -3.13. The Hall–Kier alpha value is -0.980. The predicted molar refractivity (Wildman–Crippen MR) is 60.3 cm³/mol. The molecule has 1 aliphatic rings. The Balaban J connectivity index is 2.51. The van der Waals surface area contributed by atoms with Gasteiger partial charge in [-0.1, -0.05) is 6.92 Å². The zero-order valence-corrected chi connectivity index (χ0v) is 10.4. The molecule has 1 heterocycles. The molecule has 1 aliphatic heterocycles. The molecule has 7 heteroatoms. The van der Waals surface area contributed by atoms with Gasteiger partial charge in [-0.25, -0.2) is 4.79 Å². The fourth-order valence-corrected chi connectivity index (χ4v) is 2.01. The van der Waals surface area contributed by atoms with Gasteiger partial charge in [0.2, 0.25) is 0 Å². The summed E-state index contributed by atoms with van der Waals surface area (Å²) in [5, 5.41) is 3.15. The van der Waals surface area contributed by atoms with Gasteiger partial charge in [-0.05, 0) is 32.4 Å². The summed E-state index contributed by atoms with van der Waals surface area (Å²) in [7, 11) is 0. The number of carbonyl (C=O) groups excluding carboxylic acids is 1. The third kappa shape index (κ3) is 5.12. The summed E-state index contributed by atoms with van der Waals surface area (Å²) in [6, 6.07) is -0.0214. The molecule has 0 bridgehead atoms. The van der Waals surface area contributed by atoms with Crippen LogP contribution in [-0.4, -0.2) is 49.5 Å². The van der Waals surface area contributed by atoms with E-state index in [-0.39, 0.29) is 6.04 Å². The number of hydrogen-bond acceptors (Lipinski definition) is 3. The van der Waals surface area contributed by atoms with Crippen LogP contribution in [0.5, 0.6) is 0 Å². The maximum Gasteiger partial charge on any atom is 0.422 e. The van der Waals surface area contributed by atoms with Crippen LogP contribution in [0.15, 0.2) is 0 Å². The van der Waals surface area contributed by atoms with E-state index in [2.05, 4.69) is 10.1 Å². The molecule has 1 amide bonds. The Kier molecular flexibility index (Phi) is 5.71. The quantitative estimate of drug-likeness (QED) is 0.849. The van der Waals surface area contributed by atoms with E-state index in [1.54, 1.807) is 0 Å². The number of nitrogens with one attached hydrogen (secondary N) is 1. The van der Waals surface area contributed by atoms with Crippen LogP contribution >= 0.6 is 0 Å². The number of nitrogens with zero attached hydrogens (tertiary/aromatic N) is 1. The SMILES string of the molecule is CCCN(C(=O)OCC(F)(F)F)C1CCNCC1. The van der Waals surface area contributed by atoms with Crippen LogP contribution < -0.4 is 5.32 Å². The molecule has 1 saturated heterocycles. The molecule has 1 N–H and O–H groups in total. The Morgan fingerprint density at radius 3 is 2.50 bits per heavy atom. The molecule has 0 radical (unpaired) electrons. The monoisotopic (exact) mass is 268 g/mol. The zero-order valence-electron chi connectivity index (χ0n) is 10.4. The lowest BCUT2D eigenvalue weighted by molar-refractivity contribution is -0.163. The third-order valence-corrected chi connectivity index (χ3v) is 2.81. The van der Waals surface area contributed by atoms with Crippen LogP contribution in [0.1, 0.15) is 26.2 Å². The minimum Gasteiger partial charge on any atom is -0.440 e. The molecule has 0 unspecified atom stereocenters. The molecule has 0 aromatic heterocycles. The number of amides is 1. The average molecular weight is 268 g/mol. The fraction of sp³-hybridized carbons (Fsp3) is 0.909. The van der Waals surface area contributed by atoms with Gasteiger partial charge in [-0.3, -0.25) is 0 Å². The minimum atomic E-state index is -4.47. The Morgan fingerprint density at radius 2 is 2.00 bits per heavy atom. The topological polar surface area (TPSA) is 41.6 Å². The van der Waals surface area contributed by atoms with Crippen LogP contribution in [0.3, 0.4) is 0 Å². The Bertz CT molecular complexity index is 266. The second-order valence-electron chi connectivity index (χ2n) is 4.34. The van der Waals surface area contributed by atoms with Crippen molar-refractivity contribution in [3.63, 3.8) is 0 Å². The lowest BCUT2D eigenvalue weighted by Crippen LogP contribution is -2.47. The molecule has 0 aromatic rings. The minimum absolute atomic E-state index is 0.0214. The molecule has 106 valence electrons. The first-order chi connectivity index (χ1) is 8.44. The zero-order chi connectivity index (χ0) is 13.6. The molecular weight excluding hydrogens is 249 g/mol. The van der Waals surface area contributed by atoms with E-state index >= 15 is 0 Å². The van der Waals surface area contributed by atoms with Gasteiger partial charge < -0.3 is 15.0 Å². The summed E-state index contributed by atoms with van der Waals surface area (Å²) in [4.78, 5) is 13.1. The number of carbonyl (C=O) groups is 1. The van der Waals surface area contributed by atoms with Crippen molar-refractivity contribution >= 4 is 6.09 Å². The number of hydrogen-bond donors (Lipinski definition) is 1. The molecule has 1 rings (SSSR count). The summed E-state index contributed by atoms with van der Waals surface area (Å²) in [5.41, 5.74) is 0. The van der Waals surface area contributed by atoms with Crippen molar-refractivity contribution in [3.8, 4) is 0 Å². The van der Waals surface area contributed by atoms with Crippen molar-refractivity contribution in [1.29, 1.82) is 0 Å². The highest BCUT2D eigenvalue weighted by molar-refractivity contribution is 5.68. The van der Waals surface area contributed by atoms with Gasteiger partial charge in [0.05, 0.1) is 0 Å². The number of ether oxygens (including phenoxy) is 1. The Morgan fingerprint density at radius 1 is 1.39 bits per heavy atom. The first kappa shape index (κ1) is 15.1. The van der Waals surface area contributed by atoms with Gasteiger partial charge in [0, 0.05) is 12.6 Å². The molecule has 0 aliphatic carbocycles. The van der Waals surface area contributed by atoms with E-state index in [1.165, 1.54) is 4.90 Å². The Labute approximate surface area is 104 Å². The van der Waals surface area contributed by atoms with Crippen molar-refractivity contribution in [3.05, 3.63) is 0 Å². The molecule has 0 atom stereocenters. The third-order valence-electron chi connectivity index (χ3n) is 2.81. The van der Waals surface area contributed by atoms with Crippen LogP contribution in [-0.2, 0) is 4.74 Å². The maximum atomic E-state index is 12.0. The summed E-state index contributed by atoms with van der Waals surface area (Å²) in [6.45, 7) is 2.35. The van der Waals surface area contributed by atoms with Gasteiger partial charge in [-0.15, -0.1) is 0 Å². The van der Waals surface area contributed by atoms with E-state index in [0.29, 0.717) is 13.0 Å². The van der Waals surface area contributed by atoms with E-state index in [4.69, 9.17) is 0 Å². The van der Waals surface area contributed by atoms with Crippen molar-refractivity contribution in [2.75, 3.05) is 26.2 Å². The molecule has 18 heavy (non-hydrogen) atoms. The largest absolute Gasteiger partial charge is 0.440 e. The van der Waals surface area contributed by atoms with E-state index < -0.39 is 18.9 Å². The van der Waals surface area contributed by atoms with Gasteiger partial charge in [-0.2, -0.15) is 13.2 Å². The highest BCUT2D eigenvalue weighted by Gasteiger charge is 2.32. The average Bonchev–Trinajstić information content (AvgIpc) is 2.33. The van der Waals surface area contributed by atoms with Crippen LogP contribution in [0, 0.1) is 0 Å². The highest BCUT2D eigenvalue weighted by atomic mass is 19.4. The molecule has 0 saturated carbocycles. The molecule has 4 nitrogen and oxygen atoms in total. The number of piperidine rings is 1. The number of rotatable bonds is 4. The van der Waals surface area contributed by atoms with E-state index in [1.807, 2.05) is 6.92 Å². The lowest BCUT2D eigenvalue weighted by atomic mass is 10.1. The van der Waals surface area contributed by atoms with Gasteiger partial charge >= 0.3 is 12.3 Å². The van der Waals surface area contributed by atoms with E-state index in [9.17, 15) is 18.0 Å². The second-order valence-corrected chi connectivity index (χ2v) is 4.34. The molecular formula is C11H19F3N2O2. The second kappa shape index (κ2) is 6.82. The van der Waals surface area contributed by atoms with Crippen molar-refractivity contribution in [1.82, 2.24) is 10.2 Å². The maximum absolute atomic E-state index is 12.0. The number of alkyl halides is 3. The van der Waals surface area contributed by atoms with Crippen LogP contribution in [0.2, 0.25) is 0 Å². The van der Waals surface area contributed by atoms with Gasteiger partial charge in [0.15, 0.2) is 6.61 Å². The molecule has 1 fully saturated rings. The predicted octanol–water partition coefficient (Wildman–Crippen LogP) is 2.15. The molecule has 0 spiro atoms. The first-order valence-corrected chi connectivity index (χ1v) is 6.15. The van der Waals surface area contributed by atoms with E-state index in [0.717, 1.165) is 25.9 Å². The number of halogens is 3. The van der Waals surface area contributed by atoms with Crippen LogP contribution in [0.25, 0.3) is 0 Å². The van der Waals surface area contributed by atoms with Crippen molar-refractivity contribution in [2.45, 2.75) is 38.4 Å². The summed E-state index contributed by atoms with van der Waals surface area (Å²) in [5.74, 6) is 0. The summed E-state index contributed by atoms with van der Waals surface area (Å²) >= 11 is 0. The smallest absolute Gasteiger partial charge is 0.422 e. The first-order valence-electron chi connectivity index (χ1n) is 6.15. The van der Waals surface area contributed by atoms with Gasteiger partial charge in [0.25, 0.3) is 0 Å².